The molecule has 0 fully saturated rings. The van der Waals surface area contributed by atoms with Crippen LogP contribution < -0.4 is 17.2 Å². The highest BCUT2D eigenvalue weighted by Gasteiger charge is 2.23. The quantitative estimate of drug-likeness (QED) is 0.808. The van der Waals surface area contributed by atoms with E-state index in [4.69, 9.17) is 15.9 Å². The van der Waals surface area contributed by atoms with Crippen LogP contribution in [0.5, 0.6) is 0 Å². The molecule has 0 spiro atoms. The molecule has 2 aromatic rings. The Morgan fingerprint density at radius 3 is 2.65 bits per heavy atom. The van der Waals surface area contributed by atoms with Crippen LogP contribution in [0.3, 0.4) is 0 Å². The summed E-state index contributed by atoms with van der Waals surface area (Å²) in [6.45, 7) is 3.74. The van der Waals surface area contributed by atoms with Crippen LogP contribution in [0, 0.1) is 0 Å². The molecule has 0 bridgehead atoms. The van der Waals surface area contributed by atoms with Gasteiger partial charge in [0.05, 0.1) is 5.52 Å². The largest absolute Gasteiger partial charge is 0.419 e. The summed E-state index contributed by atoms with van der Waals surface area (Å²) < 4.78 is 6.51. The lowest BCUT2D eigenvalue weighted by atomic mass is 9.90. The third-order valence-corrected chi connectivity index (χ3v) is 2.98. The Morgan fingerprint density at radius 2 is 2.06 bits per heavy atom. The van der Waals surface area contributed by atoms with Crippen LogP contribution in [-0.4, -0.2) is 10.1 Å². The lowest BCUT2D eigenvalue weighted by molar-refractivity contribution is 0.420. The molecule has 17 heavy (non-hydrogen) atoms. The van der Waals surface area contributed by atoms with Crippen molar-refractivity contribution in [3.8, 4) is 0 Å². The van der Waals surface area contributed by atoms with Gasteiger partial charge in [-0.15, -0.1) is 0 Å². The summed E-state index contributed by atoms with van der Waals surface area (Å²) >= 11 is 0. The summed E-state index contributed by atoms with van der Waals surface area (Å²) in [5.41, 5.74) is 13.7. The molecule has 92 valence electrons. The van der Waals surface area contributed by atoms with Gasteiger partial charge in [0.25, 0.3) is 0 Å². The number of aromatic nitrogens is 1. The Balaban J connectivity index is 2.58. The first-order chi connectivity index (χ1) is 7.80. The minimum Gasteiger partial charge on any atom is -0.408 e. The Labute approximate surface area is 99.0 Å². The molecular formula is C12H17N3O2. The van der Waals surface area contributed by atoms with E-state index in [2.05, 4.69) is 0 Å². The van der Waals surface area contributed by atoms with Crippen LogP contribution >= 0.6 is 0 Å². The molecule has 2 rings (SSSR count). The maximum Gasteiger partial charge on any atom is 0.419 e. The van der Waals surface area contributed by atoms with Gasteiger partial charge >= 0.3 is 5.76 Å². The summed E-state index contributed by atoms with van der Waals surface area (Å²) in [6, 6.07) is 5.14. The molecule has 1 aromatic carbocycles. The number of fused-ring (bicyclic) bond motifs is 1. The molecular weight excluding hydrogens is 218 g/mol. The van der Waals surface area contributed by atoms with Crippen molar-refractivity contribution in [1.29, 1.82) is 0 Å². The maximum absolute atomic E-state index is 11.4. The molecule has 1 unspecified atom stereocenters. The van der Waals surface area contributed by atoms with Gasteiger partial charge in [-0.2, -0.15) is 0 Å². The average molecular weight is 235 g/mol. The number of oxazole rings is 1. The molecule has 0 aliphatic rings. The van der Waals surface area contributed by atoms with E-state index in [1.165, 1.54) is 4.57 Å². The normalized spacial score (nSPS) is 14.2. The highest BCUT2D eigenvalue weighted by molar-refractivity contribution is 5.73. The van der Waals surface area contributed by atoms with Gasteiger partial charge in [-0.3, -0.25) is 4.57 Å². The molecule has 1 atom stereocenters. The van der Waals surface area contributed by atoms with Crippen LogP contribution in [0.1, 0.15) is 25.5 Å². The van der Waals surface area contributed by atoms with Gasteiger partial charge < -0.3 is 15.9 Å². The summed E-state index contributed by atoms with van der Waals surface area (Å²) in [6.07, 6.45) is 0. The number of aryl methyl sites for hydroxylation is 1. The number of hydrogen-bond acceptors (Lipinski definition) is 4. The Kier molecular flexibility index (Phi) is 2.60. The Morgan fingerprint density at radius 1 is 1.41 bits per heavy atom. The number of nitrogens with two attached hydrogens (primary N) is 2. The lowest BCUT2D eigenvalue weighted by Gasteiger charge is -2.27. The van der Waals surface area contributed by atoms with Crippen molar-refractivity contribution < 1.29 is 4.42 Å². The summed E-state index contributed by atoms with van der Waals surface area (Å²) in [4.78, 5) is 11.4. The average Bonchev–Trinajstić information content (AvgIpc) is 2.52. The van der Waals surface area contributed by atoms with Crippen LogP contribution in [0.15, 0.2) is 27.4 Å². The molecule has 0 saturated heterocycles. The smallest absolute Gasteiger partial charge is 0.408 e. The molecule has 0 aliphatic carbocycles. The highest BCUT2D eigenvalue weighted by atomic mass is 16.4. The monoisotopic (exact) mass is 235 g/mol. The van der Waals surface area contributed by atoms with Gasteiger partial charge in [0.15, 0.2) is 5.58 Å². The zero-order valence-electron chi connectivity index (χ0n) is 10.2. The van der Waals surface area contributed by atoms with E-state index < -0.39 is 5.54 Å². The Hall–Kier alpha value is -1.59. The zero-order chi connectivity index (χ0) is 12.8. The summed E-state index contributed by atoms with van der Waals surface area (Å²) in [5, 5.41) is 0. The lowest BCUT2D eigenvalue weighted by Crippen LogP contribution is -2.43. The van der Waals surface area contributed by atoms with Crippen molar-refractivity contribution in [1.82, 2.24) is 4.57 Å². The van der Waals surface area contributed by atoms with Gasteiger partial charge in [-0.05, 0) is 31.5 Å². The van der Waals surface area contributed by atoms with E-state index in [9.17, 15) is 4.79 Å². The zero-order valence-corrected chi connectivity index (χ0v) is 10.2. The van der Waals surface area contributed by atoms with Crippen LogP contribution in [0.4, 0.5) is 0 Å². The van der Waals surface area contributed by atoms with Crippen LogP contribution in [-0.2, 0) is 7.05 Å². The minimum atomic E-state index is -0.518. The molecule has 0 aliphatic heterocycles. The van der Waals surface area contributed by atoms with Gasteiger partial charge in [-0.1, -0.05) is 6.07 Å². The van der Waals surface area contributed by atoms with Gasteiger partial charge in [0, 0.05) is 18.6 Å². The van der Waals surface area contributed by atoms with E-state index in [1.54, 1.807) is 13.1 Å². The second kappa shape index (κ2) is 3.72. The molecule has 0 amide bonds. The van der Waals surface area contributed by atoms with Crippen molar-refractivity contribution in [2.24, 2.45) is 18.5 Å². The van der Waals surface area contributed by atoms with E-state index >= 15 is 0 Å². The maximum atomic E-state index is 11.4. The predicted molar refractivity (Wildman–Crippen MR) is 66.6 cm³/mol. The molecule has 0 saturated carbocycles. The van der Waals surface area contributed by atoms with Crippen molar-refractivity contribution in [2.45, 2.75) is 25.4 Å². The van der Waals surface area contributed by atoms with Gasteiger partial charge in [0.2, 0.25) is 0 Å². The number of rotatable bonds is 2. The fourth-order valence-corrected chi connectivity index (χ4v) is 1.77. The fourth-order valence-electron chi connectivity index (χ4n) is 1.77. The fraction of sp³-hybridized carbons (Fsp3) is 0.417. The van der Waals surface area contributed by atoms with E-state index in [0.717, 1.165) is 11.1 Å². The molecule has 1 heterocycles. The number of nitrogens with zero attached hydrogens (tertiary/aromatic N) is 1. The minimum absolute atomic E-state index is 0.295. The number of benzene rings is 1. The van der Waals surface area contributed by atoms with Crippen molar-refractivity contribution in [2.75, 3.05) is 0 Å². The SMILES string of the molecule is Cn1c(=O)oc2ccc(C(N)C(C)(C)N)cc21. The first kappa shape index (κ1) is 11.9. The molecule has 1 aromatic heterocycles. The second-order valence-electron chi connectivity index (χ2n) is 4.95. The second-order valence-corrected chi connectivity index (χ2v) is 4.95. The van der Waals surface area contributed by atoms with Gasteiger partial charge in [0.1, 0.15) is 0 Å². The molecule has 5 nitrogen and oxygen atoms in total. The van der Waals surface area contributed by atoms with Crippen LogP contribution in [0.2, 0.25) is 0 Å². The first-order valence-electron chi connectivity index (χ1n) is 5.44. The predicted octanol–water partition coefficient (Wildman–Crippen LogP) is 0.869. The molecule has 0 radical (unpaired) electrons. The highest BCUT2D eigenvalue weighted by Crippen LogP contribution is 2.24. The standard InChI is InChI=1S/C12H17N3O2/c1-12(2,14)10(13)7-4-5-9-8(6-7)15(3)11(16)17-9/h4-6,10H,13-14H2,1-3H3. The van der Waals surface area contributed by atoms with E-state index in [-0.39, 0.29) is 11.8 Å². The third-order valence-electron chi connectivity index (χ3n) is 2.98. The van der Waals surface area contributed by atoms with Gasteiger partial charge in [-0.25, -0.2) is 4.79 Å². The molecule has 4 N–H and O–H groups in total. The van der Waals surface area contributed by atoms with E-state index in [1.807, 2.05) is 26.0 Å². The van der Waals surface area contributed by atoms with Crippen molar-refractivity contribution in [3.05, 3.63) is 34.3 Å². The van der Waals surface area contributed by atoms with Crippen molar-refractivity contribution in [3.63, 3.8) is 0 Å². The summed E-state index contributed by atoms with van der Waals surface area (Å²) in [7, 11) is 1.66. The van der Waals surface area contributed by atoms with Crippen molar-refractivity contribution >= 4 is 11.1 Å². The Bertz CT molecular complexity index is 604. The topological polar surface area (TPSA) is 87.2 Å². The number of hydrogen-bond donors (Lipinski definition) is 2. The first-order valence-corrected chi connectivity index (χ1v) is 5.44. The molecule has 5 heteroatoms. The summed E-state index contributed by atoms with van der Waals surface area (Å²) in [5.74, 6) is -0.377. The third kappa shape index (κ3) is 1.99. The van der Waals surface area contributed by atoms with Crippen LogP contribution in [0.25, 0.3) is 11.1 Å². The van der Waals surface area contributed by atoms with E-state index in [0.29, 0.717) is 5.58 Å².